The standard InChI is InChI=1S/C17H25N3O2S/c1-18-17(20-12-7-8-14(9-12)23-2)19-10-13-11-21-15-5-3-4-6-16(15)22-13/h3-6,12-14H,7-11H2,1-2H3,(H2,18,19,20). The highest BCUT2D eigenvalue weighted by atomic mass is 32.2. The van der Waals surface area contributed by atoms with Crippen LogP contribution in [-0.4, -0.2) is 49.8 Å². The Hall–Kier alpha value is -1.56. The van der Waals surface area contributed by atoms with Gasteiger partial charge in [0.1, 0.15) is 12.7 Å². The molecule has 1 saturated carbocycles. The molecular weight excluding hydrogens is 310 g/mol. The van der Waals surface area contributed by atoms with Crippen molar-refractivity contribution in [2.24, 2.45) is 4.99 Å². The van der Waals surface area contributed by atoms with Gasteiger partial charge in [-0.05, 0) is 37.7 Å². The molecule has 3 rings (SSSR count). The van der Waals surface area contributed by atoms with Crippen LogP contribution >= 0.6 is 11.8 Å². The zero-order valence-corrected chi connectivity index (χ0v) is 14.6. The van der Waals surface area contributed by atoms with Gasteiger partial charge < -0.3 is 20.1 Å². The van der Waals surface area contributed by atoms with Crippen molar-refractivity contribution in [1.29, 1.82) is 0 Å². The lowest BCUT2D eigenvalue weighted by atomic mass is 10.2. The fourth-order valence-corrected chi connectivity index (χ4v) is 3.84. The Labute approximate surface area is 142 Å². The molecule has 0 bridgehead atoms. The van der Waals surface area contributed by atoms with Crippen LogP contribution in [0.4, 0.5) is 0 Å². The maximum Gasteiger partial charge on any atom is 0.191 e. The molecule has 5 nitrogen and oxygen atoms in total. The normalized spacial score (nSPS) is 26.9. The van der Waals surface area contributed by atoms with E-state index in [2.05, 4.69) is 21.9 Å². The number of ether oxygens (including phenoxy) is 2. The SMILES string of the molecule is CN=C(NCC1COc2ccccc2O1)NC1CCC(SC)C1. The van der Waals surface area contributed by atoms with Crippen molar-refractivity contribution in [1.82, 2.24) is 10.6 Å². The number of para-hydroxylation sites is 2. The summed E-state index contributed by atoms with van der Waals surface area (Å²) in [5.41, 5.74) is 0. The molecule has 1 aromatic rings. The van der Waals surface area contributed by atoms with Gasteiger partial charge in [-0.3, -0.25) is 4.99 Å². The van der Waals surface area contributed by atoms with Crippen LogP contribution in [-0.2, 0) is 0 Å². The van der Waals surface area contributed by atoms with E-state index in [9.17, 15) is 0 Å². The predicted octanol–water partition coefficient (Wildman–Crippen LogP) is 2.28. The van der Waals surface area contributed by atoms with Gasteiger partial charge in [0, 0.05) is 18.3 Å². The highest BCUT2D eigenvalue weighted by Crippen LogP contribution is 2.30. The average molecular weight is 335 g/mol. The van der Waals surface area contributed by atoms with Crippen molar-refractivity contribution < 1.29 is 9.47 Å². The first-order valence-electron chi connectivity index (χ1n) is 8.17. The van der Waals surface area contributed by atoms with Crippen molar-refractivity contribution in [2.45, 2.75) is 36.7 Å². The molecule has 0 saturated heterocycles. The summed E-state index contributed by atoms with van der Waals surface area (Å²) in [4.78, 5) is 4.32. The summed E-state index contributed by atoms with van der Waals surface area (Å²) in [6.07, 6.45) is 5.89. The molecule has 1 fully saturated rings. The molecule has 6 heteroatoms. The summed E-state index contributed by atoms with van der Waals surface area (Å²) in [6, 6.07) is 8.30. The van der Waals surface area contributed by atoms with Gasteiger partial charge in [-0.25, -0.2) is 0 Å². The summed E-state index contributed by atoms with van der Waals surface area (Å²) in [5, 5.41) is 7.65. The van der Waals surface area contributed by atoms with E-state index in [-0.39, 0.29) is 6.10 Å². The van der Waals surface area contributed by atoms with Crippen molar-refractivity contribution >= 4 is 17.7 Å². The Morgan fingerprint density at radius 3 is 2.87 bits per heavy atom. The molecule has 1 aliphatic carbocycles. The molecular formula is C17H25N3O2S. The van der Waals surface area contributed by atoms with Gasteiger partial charge in [0.15, 0.2) is 17.5 Å². The van der Waals surface area contributed by atoms with E-state index < -0.39 is 0 Å². The van der Waals surface area contributed by atoms with Crippen molar-refractivity contribution in [3.05, 3.63) is 24.3 Å². The maximum absolute atomic E-state index is 5.96. The predicted molar refractivity (Wildman–Crippen MR) is 95.8 cm³/mol. The minimum atomic E-state index is -0.00836. The summed E-state index contributed by atoms with van der Waals surface area (Å²) >= 11 is 1.96. The number of hydrogen-bond acceptors (Lipinski definition) is 4. The summed E-state index contributed by atoms with van der Waals surface area (Å²) < 4.78 is 11.7. The monoisotopic (exact) mass is 335 g/mol. The van der Waals surface area contributed by atoms with Crippen LogP contribution in [0, 0.1) is 0 Å². The molecule has 0 aromatic heterocycles. The molecule has 23 heavy (non-hydrogen) atoms. The summed E-state index contributed by atoms with van der Waals surface area (Å²) in [5.74, 6) is 2.48. The number of rotatable bonds is 4. The largest absolute Gasteiger partial charge is 0.486 e. The van der Waals surface area contributed by atoms with E-state index in [1.807, 2.05) is 43.1 Å². The van der Waals surface area contributed by atoms with E-state index in [0.29, 0.717) is 19.2 Å². The smallest absolute Gasteiger partial charge is 0.191 e. The Balaban J connectivity index is 1.46. The van der Waals surface area contributed by atoms with E-state index in [0.717, 1.165) is 22.7 Å². The van der Waals surface area contributed by atoms with Crippen LogP contribution in [0.5, 0.6) is 11.5 Å². The second kappa shape index (κ2) is 7.81. The van der Waals surface area contributed by atoms with Crippen molar-refractivity contribution in [3.8, 4) is 11.5 Å². The minimum Gasteiger partial charge on any atom is -0.486 e. The molecule has 126 valence electrons. The Kier molecular flexibility index (Phi) is 5.54. The van der Waals surface area contributed by atoms with Gasteiger partial charge in [-0.15, -0.1) is 0 Å². The Bertz CT molecular complexity index is 552. The lowest BCUT2D eigenvalue weighted by molar-refractivity contribution is 0.0936. The van der Waals surface area contributed by atoms with E-state index >= 15 is 0 Å². The van der Waals surface area contributed by atoms with Gasteiger partial charge in [-0.1, -0.05) is 12.1 Å². The highest BCUT2D eigenvalue weighted by Gasteiger charge is 2.25. The second-order valence-electron chi connectivity index (χ2n) is 5.96. The molecule has 3 unspecified atom stereocenters. The van der Waals surface area contributed by atoms with Gasteiger partial charge in [0.05, 0.1) is 6.54 Å². The number of benzene rings is 1. The van der Waals surface area contributed by atoms with Gasteiger partial charge >= 0.3 is 0 Å². The van der Waals surface area contributed by atoms with Crippen LogP contribution in [0.1, 0.15) is 19.3 Å². The lowest BCUT2D eigenvalue weighted by Gasteiger charge is -2.27. The minimum absolute atomic E-state index is 0.00836. The summed E-state index contributed by atoms with van der Waals surface area (Å²) in [6.45, 7) is 1.23. The molecule has 2 aliphatic rings. The van der Waals surface area contributed by atoms with Crippen molar-refractivity contribution in [3.63, 3.8) is 0 Å². The molecule has 1 heterocycles. The summed E-state index contributed by atoms with van der Waals surface area (Å²) in [7, 11) is 1.81. The third kappa shape index (κ3) is 4.25. The number of thioether (sulfide) groups is 1. The number of hydrogen-bond donors (Lipinski definition) is 2. The first-order chi connectivity index (χ1) is 11.3. The molecule has 1 aliphatic heterocycles. The zero-order chi connectivity index (χ0) is 16.1. The molecule has 0 amide bonds. The molecule has 0 spiro atoms. The topological polar surface area (TPSA) is 54.9 Å². The van der Waals surface area contributed by atoms with Gasteiger partial charge in [-0.2, -0.15) is 11.8 Å². The van der Waals surface area contributed by atoms with Crippen LogP contribution in [0.3, 0.4) is 0 Å². The van der Waals surface area contributed by atoms with Crippen LogP contribution < -0.4 is 20.1 Å². The maximum atomic E-state index is 5.96. The number of guanidine groups is 1. The molecule has 0 radical (unpaired) electrons. The van der Waals surface area contributed by atoms with E-state index in [1.165, 1.54) is 19.3 Å². The Morgan fingerprint density at radius 2 is 2.13 bits per heavy atom. The fraction of sp³-hybridized carbons (Fsp3) is 0.588. The molecule has 1 aromatic carbocycles. The zero-order valence-electron chi connectivity index (χ0n) is 13.7. The van der Waals surface area contributed by atoms with Crippen LogP contribution in [0.2, 0.25) is 0 Å². The third-order valence-corrected chi connectivity index (χ3v) is 5.44. The lowest BCUT2D eigenvalue weighted by Crippen LogP contribution is -2.47. The molecule has 3 atom stereocenters. The third-order valence-electron chi connectivity index (χ3n) is 4.35. The van der Waals surface area contributed by atoms with E-state index in [4.69, 9.17) is 9.47 Å². The Morgan fingerprint density at radius 1 is 1.30 bits per heavy atom. The van der Waals surface area contributed by atoms with Gasteiger partial charge in [0.25, 0.3) is 0 Å². The second-order valence-corrected chi connectivity index (χ2v) is 7.10. The average Bonchev–Trinajstić information content (AvgIpc) is 3.06. The number of aliphatic imine (C=N–C) groups is 1. The van der Waals surface area contributed by atoms with Crippen molar-refractivity contribution in [2.75, 3.05) is 26.5 Å². The first kappa shape index (κ1) is 16.3. The number of fused-ring (bicyclic) bond motifs is 1. The highest BCUT2D eigenvalue weighted by molar-refractivity contribution is 7.99. The van der Waals surface area contributed by atoms with Crippen LogP contribution in [0.15, 0.2) is 29.3 Å². The van der Waals surface area contributed by atoms with Gasteiger partial charge in [0.2, 0.25) is 0 Å². The number of nitrogens with one attached hydrogen (secondary N) is 2. The van der Waals surface area contributed by atoms with E-state index in [1.54, 1.807) is 0 Å². The molecule has 2 N–H and O–H groups in total. The quantitative estimate of drug-likeness (QED) is 0.653. The number of nitrogens with zero attached hydrogens (tertiary/aromatic N) is 1. The fourth-order valence-electron chi connectivity index (χ4n) is 3.05. The van der Waals surface area contributed by atoms with Crippen LogP contribution in [0.25, 0.3) is 0 Å². The first-order valence-corrected chi connectivity index (χ1v) is 9.45.